The quantitative estimate of drug-likeness (QED) is 0.276. The van der Waals surface area contributed by atoms with Crippen LogP contribution in [0.4, 0.5) is 0 Å². The van der Waals surface area contributed by atoms with Crippen molar-refractivity contribution in [2.24, 2.45) is 0 Å². The van der Waals surface area contributed by atoms with Crippen LogP contribution < -0.4 is 5.56 Å². The summed E-state index contributed by atoms with van der Waals surface area (Å²) in [5.41, 5.74) is 4.91. The van der Waals surface area contributed by atoms with Crippen molar-refractivity contribution < 1.29 is 4.52 Å². The van der Waals surface area contributed by atoms with Gasteiger partial charge in [-0.1, -0.05) is 87.8 Å². The number of hydrogen-bond acceptors (Lipinski definition) is 8. The van der Waals surface area contributed by atoms with E-state index in [1.54, 1.807) is 4.57 Å². The Kier molecular flexibility index (Phi) is 7.68. The Bertz CT molecular complexity index is 1640. The van der Waals surface area contributed by atoms with E-state index in [9.17, 15) is 4.79 Å². The Balaban J connectivity index is 1.46. The topological polar surface area (TPSA) is 128 Å². The molecule has 3 heterocycles. The molecule has 10 nitrogen and oxygen atoms in total. The van der Waals surface area contributed by atoms with Crippen molar-refractivity contribution >= 4 is 0 Å². The molecule has 0 radical (unpaired) electrons. The molecule has 2 aromatic carbocycles. The van der Waals surface area contributed by atoms with E-state index < -0.39 is 0 Å². The molecule has 0 aliphatic heterocycles. The summed E-state index contributed by atoms with van der Waals surface area (Å²) in [6.07, 6.45) is 2.98. The number of benzene rings is 2. The van der Waals surface area contributed by atoms with Crippen LogP contribution in [-0.2, 0) is 24.8 Å². The lowest BCUT2D eigenvalue weighted by atomic mass is 9.97. The van der Waals surface area contributed by atoms with E-state index in [0.717, 1.165) is 47.3 Å². The second-order valence-electron chi connectivity index (χ2n) is 11.0. The highest BCUT2D eigenvalue weighted by Crippen LogP contribution is 2.30. The third kappa shape index (κ3) is 5.75. The number of nitrogens with one attached hydrogen (secondary N) is 1. The SMILES string of the molecule is CCCCc1nc(C)c(Cc2noc(C(C)(C)C)n2)c(=O)n1Cc1ccc(-c2ccccc2-c2nn[nH]n2)cc1. The first-order chi connectivity index (χ1) is 19.2. The van der Waals surface area contributed by atoms with Gasteiger partial charge in [0.25, 0.3) is 5.56 Å². The van der Waals surface area contributed by atoms with Gasteiger partial charge in [0, 0.05) is 35.1 Å². The van der Waals surface area contributed by atoms with Gasteiger partial charge in [0.05, 0.1) is 6.54 Å². The van der Waals surface area contributed by atoms with Crippen LogP contribution in [0.2, 0.25) is 0 Å². The van der Waals surface area contributed by atoms with Crippen LogP contribution in [0.3, 0.4) is 0 Å². The Morgan fingerprint density at radius 1 is 1.00 bits per heavy atom. The van der Waals surface area contributed by atoms with E-state index in [2.05, 4.69) is 49.8 Å². The van der Waals surface area contributed by atoms with Crippen molar-refractivity contribution in [3.05, 3.63) is 93.2 Å². The summed E-state index contributed by atoms with van der Waals surface area (Å²) in [4.78, 5) is 23.3. The summed E-state index contributed by atoms with van der Waals surface area (Å²) in [7, 11) is 0. The van der Waals surface area contributed by atoms with Gasteiger partial charge in [0.15, 0.2) is 5.82 Å². The fourth-order valence-electron chi connectivity index (χ4n) is 4.62. The van der Waals surface area contributed by atoms with Crippen molar-refractivity contribution in [3.63, 3.8) is 0 Å². The number of nitrogens with zero attached hydrogens (tertiary/aromatic N) is 7. The second kappa shape index (κ2) is 11.3. The minimum atomic E-state index is -0.263. The zero-order chi connectivity index (χ0) is 28.3. The Morgan fingerprint density at radius 3 is 2.40 bits per heavy atom. The number of tetrazole rings is 1. The van der Waals surface area contributed by atoms with Gasteiger partial charge in [-0.15, -0.1) is 10.2 Å². The molecular weight excluding hydrogens is 504 g/mol. The maximum Gasteiger partial charge on any atom is 0.257 e. The number of H-pyrrole nitrogens is 1. The molecule has 0 aliphatic carbocycles. The van der Waals surface area contributed by atoms with Crippen LogP contribution in [0.25, 0.3) is 22.5 Å². The van der Waals surface area contributed by atoms with Gasteiger partial charge in [-0.3, -0.25) is 9.36 Å². The fourth-order valence-corrected chi connectivity index (χ4v) is 4.62. The van der Waals surface area contributed by atoms with Gasteiger partial charge in [-0.2, -0.15) is 10.2 Å². The fraction of sp³-hybridized carbons (Fsp3) is 0.367. The Morgan fingerprint density at radius 2 is 1.75 bits per heavy atom. The molecule has 3 aromatic heterocycles. The molecule has 5 rings (SSSR count). The summed E-state index contributed by atoms with van der Waals surface area (Å²) in [5, 5.41) is 18.6. The third-order valence-electron chi connectivity index (χ3n) is 6.87. The minimum absolute atomic E-state index is 0.0627. The molecule has 0 fully saturated rings. The first-order valence-electron chi connectivity index (χ1n) is 13.6. The number of aryl methyl sites for hydroxylation is 2. The summed E-state index contributed by atoms with van der Waals surface area (Å²) in [6, 6.07) is 16.2. The van der Waals surface area contributed by atoms with Crippen molar-refractivity contribution in [2.45, 2.75) is 72.3 Å². The van der Waals surface area contributed by atoms with Gasteiger partial charge in [-0.05, 0) is 35.2 Å². The standard InChI is InChI=1S/C30H34N8O2/c1-6-7-12-26-31-19(2)24(17-25-32-29(40-35-25)30(3,4)5)28(39)38(26)18-20-13-15-21(16-14-20)22-10-8-9-11-23(22)27-33-36-37-34-27/h8-11,13-16H,6-7,12,17-18H2,1-5H3,(H,33,34,36,37). The van der Waals surface area contributed by atoms with Crippen molar-refractivity contribution in [1.82, 2.24) is 40.3 Å². The summed E-state index contributed by atoms with van der Waals surface area (Å²) in [5.74, 6) is 2.38. The molecule has 0 saturated carbocycles. The monoisotopic (exact) mass is 538 g/mol. The third-order valence-corrected chi connectivity index (χ3v) is 6.87. The highest BCUT2D eigenvalue weighted by atomic mass is 16.5. The number of aromatic amines is 1. The van der Waals surface area contributed by atoms with Crippen LogP contribution in [0.15, 0.2) is 57.8 Å². The normalized spacial score (nSPS) is 11.7. The lowest BCUT2D eigenvalue weighted by Crippen LogP contribution is -2.30. The molecule has 1 N–H and O–H groups in total. The molecule has 0 saturated heterocycles. The predicted octanol–water partition coefficient (Wildman–Crippen LogP) is 5.06. The zero-order valence-corrected chi connectivity index (χ0v) is 23.6. The van der Waals surface area contributed by atoms with Crippen molar-refractivity contribution in [3.8, 4) is 22.5 Å². The largest absolute Gasteiger partial charge is 0.339 e. The lowest BCUT2D eigenvalue weighted by molar-refractivity contribution is 0.318. The van der Waals surface area contributed by atoms with E-state index in [0.29, 0.717) is 35.3 Å². The number of unbranched alkanes of at least 4 members (excludes halogenated alkanes) is 1. The number of hydrogen-bond donors (Lipinski definition) is 1. The van der Waals surface area contributed by atoms with E-state index in [-0.39, 0.29) is 17.4 Å². The van der Waals surface area contributed by atoms with Crippen LogP contribution in [0.1, 0.15) is 74.9 Å². The van der Waals surface area contributed by atoms with E-state index in [1.807, 2.05) is 64.1 Å². The predicted molar refractivity (Wildman–Crippen MR) is 152 cm³/mol. The molecule has 0 amide bonds. The first kappa shape index (κ1) is 27.1. The smallest absolute Gasteiger partial charge is 0.257 e. The molecule has 0 atom stereocenters. The molecule has 0 bridgehead atoms. The van der Waals surface area contributed by atoms with Gasteiger partial charge in [0.2, 0.25) is 11.7 Å². The molecule has 206 valence electrons. The highest BCUT2D eigenvalue weighted by molar-refractivity contribution is 5.80. The maximum atomic E-state index is 13.9. The van der Waals surface area contributed by atoms with Crippen LogP contribution in [-0.4, -0.2) is 40.3 Å². The Labute approximate surface area is 232 Å². The summed E-state index contributed by atoms with van der Waals surface area (Å²) in [6.45, 7) is 10.5. The average molecular weight is 539 g/mol. The van der Waals surface area contributed by atoms with Crippen molar-refractivity contribution in [1.29, 1.82) is 0 Å². The minimum Gasteiger partial charge on any atom is -0.339 e. The van der Waals surface area contributed by atoms with E-state index in [1.165, 1.54) is 0 Å². The van der Waals surface area contributed by atoms with Gasteiger partial charge >= 0.3 is 0 Å². The molecule has 0 unspecified atom stereocenters. The van der Waals surface area contributed by atoms with E-state index >= 15 is 0 Å². The molecule has 0 aliphatic rings. The molecule has 5 aromatic rings. The number of aromatic nitrogens is 8. The molecule has 40 heavy (non-hydrogen) atoms. The highest BCUT2D eigenvalue weighted by Gasteiger charge is 2.23. The second-order valence-corrected chi connectivity index (χ2v) is 11.0. The molecule has 10 heteroatoms. The lowest BCUT2D eigenvalue weighted by Gasteiger charge is -2.16. The molecule has 0 spiro atoms. The van der Waals surface area contributed by atoms with E-state index in [4.69, 9.17) is 9.51 Å². The molecular formula is C30H34N8O2. The summed E-state index contributed by atoms with van der Waals surface area (Å²) >= 11 is 0. The number of rotatable bonds is 9. The van der Waals surface area contributed by atoms with Gasteiger partial charge < -0.3 is 4.52 Å². The average Bonchev–Trinajstić information content (AvgIpc) is 3.65. The van der Waals surface area contributed by atoms with Crippen LogP contribution in [0, 0.1) is 6.92 Å². The van der Waals surface area contributed by atoms with Gasteiger partial charge in [0.1, 0.15) is 5.82 Å². The van der Waals surface area contributed by atoms with Gasteiger partial charge in [-0.25, -0.2) is 4.98 Å². The Hall–Kier alpha value is -4.47. The van der Waals surface area contributed by atoms with Crippen molar-refractivity contribution in [2.75, 3.05) is 0 Å². The maximum absolute atomic E-state index is 13.9. The van der Waals surface area contributed by atoms with Crippen LogP contribution in [0.5, 0.6) is 0 Å². The van der Waals surface area contributed by atoms with Crippen LogP contribution >= 0.6 is 0 Å². The first-order valence-corrected chi connectivity index (χ1v) is 13.6. The summed E-state index contributed by atoms with van der Waals surface area (Å²) < 4.78 is 7.26. The zero-order valence-electron chi connectivity index (χ0n) is 23.6.